The smallest absolute Gasteiger partial charge is 0.168 e. The third-order valence-electron chi connectivity index (χ3n) is 1.59. The van der Waals surface area contributed by atoms with Crippen molar-refractivity contribution < 1.29 is 25.2 Å². The highest BCUT2D eigenvalue weighted by molar-refractivity contribution is 4.67. The van der Waals surface area contributed by atoms with Crippen molar-refractivity contribution in [1.82, 2.24) is 0 Å². The average Bonchev–Trinajstić information content (AvgIpc) is 1.82. The van der Waals surface area contributed by atoms with Gasteiger partial charge in [-0.15, -0.1) is 0 Å². The van der Waals surface area contributed by atoms with Gasteiger partial charge in [0.15, 0.2) is 11.6 Å². The zero-order valence-corrected chi connectivity index (χ0v) is 8.03. The first kappa shape index (κ1) is 12.8. The Morgan fingerprint density at radius 3 is 1.46 bits per heavy atom. The third kappa shape index (κ3) is 5.95. The summed E-state index contributed by atoms with van der Waals surface area (Å²) in [7, 11) is 0. The zero-order chi connectivity index (χ0) is 10.5. The lowest BCUT2D eigenvalue weighted by atomic mass is 10.2. The molecule has 0 aromatic carbocycles. The molecule has 4 N–H and O–H groups in total. The molecule has 80 valence electrons. The van der Waals surface area contributed by atoms with Crippen molar-refractivity contribution in [2.24, 2.45) is 0 Å². The summed E-state index contributed by atoms with van der Waals surface area (Å²) >= 11 is 0. The maximum Gasteiger partial charge on any atom is 0.168 e. The molecule has 13 heavy (non-hydrogen) atoms. The van der Waals surface area contributed by atoms with Gasteiger partial charge in [-0.05, 0) is 13.8 Å². The second-order valence-corrected chi connectivity index (χ2v) is 3.40. The van der Waals surface area contributed by atoms with E-state index < -0.39 is 11.6 Å². The van der Waals surface area contributed by atoms with Gasteiger partial charge in [-0.3, -0.25) is 0 Å². The number of hydrogen-bond acceptors (Lipinski definition) is 5. The molecule has 5 nitrogen and oxygen atoms in total. The number of aliphatic hydroxyl groups excluding tert-OH is 2. The van der Waals surface area contributed by atoms with E-state index in [-0.39, 0.29) is 26.1 Å². The largest absolute Gasteiger partial charge is 0.396 e. The van der Waals surface area contributed by atoms with Gasteiger partial charge in [0.05, 0.1) is 0 Å². The first-order valence-electron chi connectivity index (χ1n) is 4.20. The van der Waals surface area contributed by atoms with E-state index in [0.29, 0.717) is 0 Å². The van der Waals surface area contributed by atoms with E-state index in [9.17, 15) is 10.2 Å². The molecule has 0 fully saturated rings. The molecule has 0 spiro atoms. The number of aliphatic hydroxyl groups is 4. The van der Waals surface area contributed by atoms with E-state index in [1.807, 2.05) is 0 Å². The Bertz CT molecular complexity index is 127. The normalized spacial score (nSPS) is 20.8. The Morgan fingerprint density at radius 1 is 0.923 bits per heavy atom. The summed E-state index contributed by atoms with van der Waals surface area (Å²) in [5, 5.41) is 36.0. The van der Waals surface area contributed by atoms with Crippen molar-refractivity contribution in [3.8, 4) is 0 Å². The quantitative estimate of drug-likeness (QED) is 0.415. The predicted octanol–water partition coefficient (Wildman–Crippen LogP) is -0.815. The van der Waals surface area contributed by atoms with Gasteiger partial charge in [0.2, 0.25) is 0 Å². The Balaban J connectivity index is 4.07. The van der Waals surface area contributed by atoms with Crippen LogP contribution >= 0.6 is 0 Å². The molecule has 0 heterocycles. The minimum atomic E-state index is -1.58. The molecule has 0 aliphatic rings. The molecular weight excluding hydrogens is 176 g/mol. The Hall–Kier alpha value is -0.200. The summed E-state index contributed by atoms with van der Waals surface area (Å²) in [4.78, 5) is 0. The van der Waals surface area contributed by atoms with Crippen molar-refractivity contribution in [3.63, 3.8) is 0 Å². The zero-order valence-electron chi connectivity index (χ0n) is 8.03. The van der Waals surface area contributed by atoms with Crippen molar-refractivity contribution in [2.45, 2.75) is 38.3 Å². The summed E-state index contributed by atoms with van der Waals surface area (Å²) in [6, 6.07) is 0. The lowest BCUT2D eigenvalue weighted by Gasteiger charge is -2.32. The topological polar surface area (TPSA) is 90.2 Å². The molecule has 0 aliphatic heterocycles. The van der Waals surface area contributed by atoms with E-state index >= 15 is 0 Å². The fourth-order valence-electron chi connectivity index (χ4n) is 0.991. The van der Waals surface area contributed by atoms with Gasteiger partial charge in [0.1, 0.15) is 0 Å². The van der Waals surface area contributed by atoms with Crippen molar-refractivity contribution >= 4 is 0 Å². The van der Waals surface area contributed by atoms with Gasteiger partial charge in [-0.1, -0.05) is 0 Å². The Morgan fingerprint density at radius 2 is 1.23 bits per heavy atom. The fraction of sp³-hybridized carbons (Fsp3) is 1.00. The SMILES string of the molecule is CC(O)(CCO)OC(C)(O)CCO. The third-order valence-corrected chi connectivity index (χ3v) is 1.59. The Labute approximate surface area is 77.6 Å². The minimum Gasteiger partial charge on any atom is -0.396 e. The molecular formula is C8H18O5. The van der Waals surface area contributed by atoms with Crippen LogP contribution in [0.3, 0.4) is 0 Å². The lowest BCUT2D eigenvalue weighted by molar-refractivity contribution is -0.325. The van der Waals surface area contributed by atoms with Crippen LogP contribution in [0.15, 0.2) is 0 Å². The van der Waals surface area contributed by atoms with E-state index in [1.165, 1.54) is 13.8 Å². The van der Waals surface area contributed by atoms with Crippen LogP contribution in [0.2, 0.25) is 0 Å². The van der Waals surface area contributed by atoms with Gasteiger partial charge in [-0.2, -0.15) is 0 Å². The minimum absolute atomic E-state index is 0.00851. The molecule has 2 unspecified atom stereocenters. The Kier molecular flexibility index (Phi) is 4.80. The summed E-state index contributed by atoms with van der Waals surface area (Å²) in [6.45, 7) is 2.22. The lowest BCUT2D eigenvalue weighted by Crippen LogP contribution is -2.42. The molecule has 0 aliphatic carbocycles. The molecule has 0 bridgehead atoms. The highest BCUT2D eigenvalue weighted by Gasteiger charge is 2.31. The van der Waals surface area contributed by atoms with Crippen LogP contribution in [-0.2, 0) is 4.74 Å². The van der Waals surface area contributed by atoms with Crippen molar-refractivity contribution in [3.05, 3.63) is 0 Å². The standard InChI is InChI=1S/C8H18O5/c1-7(11,3-5-9)13-8(2,12)4-6-10/h9-12H,3-6H2,1-2H3. The predicted molar refractivity (Wildman–Crippen MR) is 45.7 cm³/mol. The molecule has 2 atom stereocenters. The fourth-order valence-corrected chi connectivity index (χ4v) is 0.991. The van der Waals surface area contributed by atoms with Crippen LogP contribution in [0.4, 0.5) is 0 Å². The molecule has 0 amide bonds. The maximum absolute atomic E-state index is 9.45. The highest BCUT2D eigenvalue weighted by atomic mass is 16.7. The van der Waals surface area contributed by atoms with E-state index in [4.69, 9.17) is 14.9 Å². The molecule has 0 saturated carbocycles. The number of rotatable bonds is 6. The molecule has 0 radical (unpaired) electrons. The summed E-state index contributed by atoms with van der Waals surface area (Å²) in [6.07, 6.45) is 0.0170. The van der Waals surface area contributed by atoms with Gasteiger partial charge in [0.25, 0.3) is 0 Å². The van der Waals surface area contributed by atoms with E-state index in [2.05, 4.69) is 0 Å². The maximum atomic E-state index is 9.45. The van der Waals surface area contributed by atoms with Crippen LogP contribution in [0.1, 0.15) is 26.7 Å². The van der Waals surface area contributed by atoms with E-state index in [0.717, 1.165) is 0 Å². The highest BCUT2D eigenvalue weighted by Crippen LogP contribution is 2.21. The van der Waals surface area contributed by atoms with Crippen LogP contribution in [0.25, 0.3) is 0 Å². The second kappa shape index (κ2) is 4.88. The molecule has 0 rings (SSSR count). The van der Waals surface area contributed by atoms with E-state index in [1.54, 1.807) is 0 Å². The summed E-state index contributed by atoms with van der Waals surface area (Å²) < 4.78 is 4.90. The number of ether oxygens (including phenoxy) is 1. The van der Waals surface area contributed by atoms with Crippen LogP contribution < -0.4 is 0 Å². The van der Waals surface area contributed by atoms with Gasteiger partial charge < -0.3 is 25.2 Å². The summed E-state index contributed by atoms with van der Waals surface area (Å²) in [5.41, 5.74) is 0. The molecule has 0 aromatic heterocycles. The van der Waals surface area contributed by atoms with Gasteiger partial charge in [0, 0.05) is 26.1 Å². The van der Waals surface area contributed by atoms with Crippen LogP contribution in [-0.4, -0.2) is 45.2 Å². The second-order valence-electron chi connectivity index (χ2n) is 3.40. The van der Waals surface area contributed by atoms with Crippen LogP contribution in [0.5, 0.6) is 0 Å². The van der Waals surface area contributed by atoms with Crippen molar-refractivity contribution in [2.75, 3.05) is 13.2 Å². The van der Waals surface area contributed by atoms with Crippen LogP contribution in [0, 0.1) is 0 Å². The van der Waals surface area contributed by atoms with Gasteiger partial charge >= 0.3 is 0 Å². The number of hydrogen-bond donors (Lipinski definition) is 4. The first-order valence-corrected chi connectivity index (χ1v) is 4.20. The molecule has 0 saturated heterocycles. The molecule has 5 heteroatoms. The monoisotopic (exact) mass is 194 g/mol. The first-order chi connectivity index (χ1) is 5.83. The average molecular weight is 194 g/mol. The summed E-state index contributed by atoms with van der Waals surface area (Å²) in [5.74, 6) is -3.15. The van der Waals surface area contributed by atoms with Crippen molar-refractivity contribution in [1.29, 1.82) is 0 Å². The molecule has 0 aromatic rings. The van der Waals surface area contributed by atoms with Gasteiger partial charge in [-0.25, -0.2) is 0 Å².